The highest BCUT2D eigenvalue weighted by molar-refractivity contribution is 7.16. The fraction of sp³-hybridized carbons (Fsp3) is 0.182. The summed E-state index contributed by atoms with van der Waals surface area (Å²) in [5.74, 6) is 0.569. The van der Waals surface area contributed by atoms with Gasteiger partial charge in [0, 0.05) is 11.1 Å². The summed E-state index contributed by atoms with van der Waals surface area (Å²) in [7, 11) is 1.55. The predicted octanol–water partition coefficient (Wildman–Crippen LogP) is 2.89. The standard InChI is InChI=1S/C11H10ClNO2S/c1-15-7-3-2-6-13-10(7)11(14)8-4-5-9(12)16-8/h2-6,11,14H,1H3. The van der Waals surface area contributed by atoms with E-state index >= 15 is 0 Å². The third kappa shape index (κ3) is 2.19. The van der Waals surface area contributed by atoms with Gasteiger partial charge >= 0.3 is 0 Å². The smallest absolute Gasteiger partial charge is 0.143 e. The Morgan fingerprint density at radius 1 is 1.44 bits per heavy atom. The topological polar surface area (TPSA) is 42.4 Å². The lowest BCUT2D eigenvalue weighted by Gasteiger charge is -2.11. The highest BCUT2D eigenvalue weighted by Crippen LogP contribution is 2.33. The van der Waals surface area contributed by atoms with Gasteiger partial charge in [0.1, 0.15) is 17.5 Å². The van der Waals surface area contributed by atoms with Crippen molar-refractivity contribution < 1.29 is 9.84 Å². The van der Waals surface area contributed by atoms with Crippen LogP contribution in [0.1, 0.15) is 16.7 Å². The quantitative estimate of drug-likeness (QED) is 0.917. The van der Waals surface area contributed by atoms with E-state index in [1.54, 1.807) is 37.6 Å². The SMILES string of the molecule is COc1cccnc1C(O)c1ccc(Cl)s1. The summed E-state index contributed by atoms with van der Waals surface area (Å²) in [6.07, 6.45) is 0.824. The molecule has 16 heavy (non-hydrogen) atoms. The van der Waals surface area contributed by atoms with Crippen LogP contribution in [0.25, 0.3) is 0 Å². The van der Waals surface area contributed by atoms with E-state index in [1.165, 1.54) is 11.3 Å². The Kier molecular flexibility index (Phi) is 3.43. The lowest BCUT2D eigenvalue weighted by molar-refractivity contribution is 0.213. The molecule has 84 valence electrons. The van der Waals surface area contributed by atoms with Gasteiger partial charge < -0.3 is 9.84 Å². The minimum absolute atomic E-state index is 0.503. The van der Waals surface area contributed by atoms with Crippen LogP contribution in [0.3, 0.4) is 0 Å². The molecule has 1 unspecified atom stereocenters. The van der Waals surface area contributed by atoms with Gasteiger partial charge in [0.05, 0.1) is 11.4 Å². The van der Waals surface area contributed by atoms with Crippen molar-refractivity contribution in [1.29, 1.82) is 0 Å². The number of pyridine rings is 1. The second-order valence-electron chi connectivity index (χ2n) is 3.14. The number of methoxy groups -OCH3 is 1. The fourth-order valence-corrected chi connectivity index (χ4v) is 2.44. The van der Waals surface area contributed by atoms with Gasteiger partial charge in [-0.3, -0.25) is 4.98 Å². The van der Waals surface area contributed by atoms with E-state index in [-0.39, 0.29) is 0 Å². The Hall–Kier alpha value is -1.10. The zero-order chi connectivity index (χ0) is 11.5. The second-order valence-corrected chi connectivity index (χ2v) is 4.88. The first-order valence-electron chi connectivity index (χ1n) is 4.64. The molecular formula is C11H10ClNO2S. The van der Waals surface area contributed by atoms with Crippen LogP contribution < -0.4 is 4.74 Å². The molecule has 5 heteroatoms. The van der Waals surface area contributed by atoms with Crippen LogP contribution in [0.4, 0.5) is 0 Å². The molecule has 2 aromatic heterocycles. The number of thiophene rings is 1. The van der Waals surface area contributed by atoms with Crippen molar-refractivity contribution in [3.8, 4) is 5.75 Å². The number of rotatable bonds is 3. The van der Waals surface area contributed by atoms with E-state index in [0.717, 1.165) is 4.88 Å². The van der Waals surface area contributed by atoms with Crippen molar-refractivity contribution in [1.82, 2.24) is 4.98 Å². The molecule has 0 amide bonds. The molecule has 0 spiro atoms. The Morgan fingerprint density at radius 3 is 2.88 bits per heavy atom. The van der Waals surface area contributed by atoms with Gasteiger partial charge in [0.2, 0.25) is 0 Å². The van der Waals surface area contributed by atoms with Gasteiger partial charge in [0.15, 0.2) is 0 Å². The van der Waals surface area contributed by atoms with E-state index in [2.05, 4.69) is 4.98 Å². The van der Waals surface area contributed by atoms with Crippen LogP contribution in [0.2, 0.25) is 4.34 Å². The lowest BCUT2D eigenvalue weighted by atomic mass is 10.2. The van der Waals surface area contributed by atoms with Gasteiger partial charge in [0.25, 0.3) is 0 Å². The van der Waals surface area contributed by atoms with Crippen LogP contribution in [-0.2, 0) is 0 Å². The summed E-state index contributed by atoms with van der Waals surface area (Å²) in [4.78, 5) is 4.88. The molecule has 0 saturated carbocycles. The van der Waals surface area contributed by atoms with Crippen molar-refractivity contribution in [3.63, 3.8) is 0 Å². The average Bonchev–Trinajstić information content (AvgIpc) is 2.75. The number of halogens is 1. The van der Waals surface area contributed by atoms with Crippen LogP contribution in [-0.4, -0.2) is 17.2 Å². The van der Waals surface area contributed by atoms with E-state index in [4.69, 9.17) is 16.3 Å². The number of hydrogen-bond acceptors (Lipinski definition) is 4. The summed E-state index contributed by atoms with van der Waals surface area (Å²) >= 11 is 7.15. The molecule has 0 aliphatic heterocycles. The number of nitrogens with zero attached hydrogens (tertiary/aromatic N) is 1. The minimum Gasteiger partial charge on any atom is -0.495 e. The Bertz CT molecular complexity index is 486. The van der Waals surface area contributed by atoms with Gasteiger partial charge in [-0.05, 0) is 24.3 Å². The largest absolute Gasteiger partial charge is 0.495 e. The van der Waals surface area contributed by atoms with Crippen LogP contribution in [0, 0.1) is 0 Å². The van der Waals surface area contributed by atoms with E-state index in [0.29, 0.717) is 15.8 Å². The molecule has 0 aliphatic carbocycles. The highest BCUT2D eigenvalue weighted by Gasteiger charge is 2.18. The van der Waals surface area contributed by atoms with Crippen molar-refractivity contribution in [2.24, 2.45) is 0 Å². The molecule has 0 aliphatic rings. The molecule has 0 aromatic carbocycles. The molecular weight excluding hydrogens is 246 g/mol. The van der Waals surface area contributed by atoms with Gasteiger partial charge in [-0.25, -0.2) is 0 Å². The maximum atomic E-state index is 10.1. The zero-order valence-corrected chi connectivity index (χ0v) is 10.1. The van der Waals surface area contributed by atoms with Crippen LogP contribution in [0.15, 0.2) is 30.5 Å². The van der Waals surface area contributed by atoms with Crippen molar-refractivity contribution in [2.45, 2.75) is 6.10 Å². The third-order valence-corrected chi connectivity index (χ3v) is 3.43. The van der Waals surface area contributed by atoms with E-state index in [1.807, 2.05) is 0 Å². The fourth-order valence-electron chi connectivity index (χ4n) is 1.39. The summed E-state index contributed by atoms with van der Waals surface area (Å²) < 4.78 is 5.79. The number of aliphatic hydroxyl groups excluding tert-OH is 1. The average molecular weight is 256 g/mol. The lowest BCUT2D eigenvalue weighted by Crippen LogP contribution is -2.02. The Morgan fingerprint density at radius 2 is 2.25 bits per heavy atom. The van der Waals surface area contributed by atoms with E-state index in [9.17, 15) is 5.11 Å². The highest BCUT2D eigenvalue weighted by atomic mass is 35.5. The van der Waals surface area contributed by atoms with Crippen molar-refractivity contribution in [3.05, 3.63) is 45.4 Å². The summed E-state index contributed by atoms with van der Waals surface area (Å²) in [6, 6.07) is 7.06. The molecule has 2 heterocycles. The first-order valence-corrected chi connectivity index (χ1v) is 5.84. The second kappa shape index (κ2) is 4.82. The number of aliphatic hydroxyl groups is 1. The van der Waals surface area contributed by atoms with Crippen LogP contribution in [0.5, 0.6) is 5.75 Å². The Labute approximate surface area is 102 Å². The minimum atomic E-state index is -0.798. The molecule has 0 bridgehead atoms. The number of ether oxygens (including phenoxy) is 1. The molecule has 0 fully saturated rings. The van der Waals surface area contributed by atoms with Gasteiger partial charge in [-0.1, -0.05) is 11.6 Å². The van der Waals surface area contributed by atoms with Crippen molar-refractivity contribution in [2.75, 3.05) is 7.11 Å². The van der Waals surface area contributed by atoms with Crippen molar-refractivity contribution >= 4 is 22.9 Å². The molecule has 0 radical (unpaired) electrons. The molecule has 2 aromatic rings. The summed E-state index contributed by atoms with van der Waals surface area (Å²) in [5.41, 5.74) is 0.503. The molecule has 3 nitrogen and oxygen atoms in total. The molecule has 2 rings (SSSR count). The molecule has 1 atom stereocenters. The summed E-state index contributed by atoms with van der Waals surface area (Å²) in [6.45, 7) is 0. The third-order valence-electron chi connectivity index (χ3n) is 2.14. The summed E-state index contributed by atoms with van der Waals surface area (Å²) in [5, 5.41) is 10.1. The Balaban J connectivity index is 2.36. The first-order chi connectivity index (χ1) is 7.72. The normalized spacial score (nSPS) is 12.4. The van der Waals surface area contributed by atoms with Crippen LogP contribution >= 0.6 is 22.9 Å². The first kappa shape index (κ1) is 11.4. The molecule has 1 N–H and O–H groups in total. The maximum Gasteiger partial charge on any atom is 0.143 e. The van der Waals surface area contributed by atoms with E-state index < -0.39 is 6.10 Å². The number of aromatic nitrogens is 1. The molecule has 0 saturated heterocycles. The predicted molar refractivity (Wildman–Crippen MR) is 64.2 cm³/mol. The van der Waals surface area contributed by atoms with Gasteiger partial charge in [-0.2, -0.15) is 0 Å². The maximum absolute atomic E-state index is 10.1. The zero-order valence-electron chi connectivity index (χ0n) is 8.55. The monoisotopic (exact) mass is 255 g/mol. The number of hydrogen-bond donors (Lipinski definition) is 1. The van der Waals surface area contributed by atoms with Gasteiger partial charge in [-0.15, -0.1) is 11.3 Å².